The van der Waals surface area contributed by atoms with Crippen molar-refractivity contribution in [2.75, 3.05) is 5.32 Å². The number of para-hydroxylation sites is 2. The molecule has 0 atom stereocenters. The Balaban J connectivity index is 1.77. The predicted molar refractivity (Wildman–Crippen MR) is 109 cm³/mol. The second-order valence-electron chi connectivity index (χ2n) is 6.19. The van der Waals surface area contributed by atoms with Crippen molar-refractivity contribution in [2.45, 2.75) is 20.4 Å². The van der Waals surface area contributed by atoms with Crippen molar-refractivity contribution in [2.24, 2.45) is 0 Å². The highest BCUT2D eigenvalue weighted by atomic mass is 79.9. The molecule has 0 fully saturated rings. The first kappa shape index (κ1) is 17.5. The smallest absolute Gasteiger partial charge is 0.256 e. The zero-order chi connectivity index (χ0) is 19.0. The number of aryl methyl sites for hydroxylation is 2. The van der Waals surface area contributed by atoms with E-state index in [1.807, 2.05) is 49.4 Å². The summed E-state index contributed by atoms with van der Waals surface area (Å²) in [6.45, 7) is 4.70. The predicted octanol–water partition coefficient (Wildman–Crippen LogP) is 4.57. The second kappa shape index (κ2) is 7.00. The number of nitrogens with zero attached hydrogens (tertiary/aromatic N) is 4. The van der Waals surface area contributed by atoms with Gasteiger partial charge in [0.25, 0.3) is 5.91 Å². The molecule has 136 valence electrons. The van der Waals surface area contributed by atoms with Gasteiger partial charge in [0.05, 0.1) is 16.7 Å². The molecule has 0 aliphatic heterocycles. The Morgan fingerprint density at radius 1 is 1.15 bits per heavy atom. The van der Waals surface area contributed by atoms with Crippen molar-refractivity contribution < 1.29 is 4.79 Å². The van der Waals surface area contributed by atoms with Crippen LogP contribution in [0.2, 0.25) is 0 Å². The standard InChI is InChI=1S/C20H18BrN5O/c1-3-25-17-10-5-4-9-16(17)22-20(25)26-18(11-13(2)24-26)23-19(27)14-7-6-8-15(21)12-14/h4-12H,3H2,1-2H3,(H,23,27). The maximum atomic E-state index is 12.7. The fourth-order valence-electron chi connectivity index (χ4n) is 3.10. The Bertz CT molecular complexity index is 1140. The molecule has 0 aliphatic rings. The number of anilines is 1. The van der Waals surface area contributed by atoms with Crippen LogP contribution in [0.15, 0.2) is 59.1 Å². The Morgan fingerprint density at radius 3 is 2.74 bits per heavy atom. The SMILES string of the molecule is CCn1c(-n2nc(C)cc2NC(=O)c2cccc(Br)c2)nc2ccccc21. The molecule has 2 aromatic heterocycles. The molecule has 0 bridgehead atoms. The highest BCUT2D eigenvalue weighted by Crippen LogP contribution is 2.23. The lowest BCUT2D eigenvalue weighted by Gasteiger charge is -2.10. The van der Waals surface area contributed by atoms with Crippen molar-refractivity contribution in [1.29, 1.82) is 0 Å². The molecule has 6 nitrogen and oxygen atoms in total. The third-order valence-corrected chi connectivity index (χ3v) is 4.79. The molecule has 0 saturated heterocycles. The zero-order valence-corrected chi connectivity index (χ0v) is 16.6. The topological polar surface area (TPSA) is 64.7 Å². The number of carbonyl (C=O) groups excluding carboxylic acids is 1. The maximum absolute atomic E-state index is 12.7. The molecule has 0 unspecified atom stereocenters. The van der Waals surface area contributed by atoms with Crippen LogP contribution in [0.1, 0.15) is 23.0 Å². The molecule has 1 N–H and O–H groups in total. The number of carbonyl (C=O) groups is 1. The van der Waals surface area contributed by atoms with Crippen LogP contribution in [0, 0.1) is 6.92 Å². The maximum Gasteiger partial charge on any atom is 0.256 e. The van der Waals surface area contributed by atoms with Crippen LogP contribution in [0.4, 0.5) is 5.82 Å². The number of imidazole rings is 1. The summed E-state index contributed by atoms with van der Waals surface area (Å²) in [7, 11) is 0. The van der Waals surface area contributed by atoms with Gasteiger partial charge in [-0.1, -0.05) is 34.1 Å². The van der Waals surface area contributed by atoms with Gasteiger partial charge >= 0.3 is 0 Å². The quantitative estimate of drug-likeness (QED) is 0.522. The highest BCUT2D eigenvalue weighted by Gasteiger charge is 2.18. The van der Waals surface area contributed by atoms with Gasteiger partial charge in [-0.2, -0.15) is 9.78 Å². The molecule has 7 heteroatoms. The highest BCUT2D eigenvalue weighted by molar-refractivity contribution is 9.10. The lowest BCUT2D eigenvalue weighted by molar-refractivity contribution is 0.102. The number of aromatic nitrogens is 4. The second-order valence-corrected chi connectivity index (χ2v) is 7.11. The molecule has 1 amide bonds. The molecular formula is C20H18BrN5O. The van der Waals surface area contributed by atoms with Crippen LogP contribution < -0.4 is 5.32 Å². The van der Waals surface area contributed by atoms with Crippen molar-refractivity contribution in [3.8, 4) is 5.95 Å². The van der Waals surface area contributed by atoms with E-state index >= 15 is 0 Å². The first-order valence-corrected chi connectivity index (χ1v) is 9.45. The van der Waals surface area contributed by atoms with E-state index in [4.69, 9.17) is 4.98 Å². The molecule has 0 saturated carbocycles. The molecule has 4 rings (SSSR count). The van der Waals surface area contributed by atoms with Crippen LogP contribution in [0.5, 0.6) is 0 Å². The van der Waals surface area contributed by atoms with Gasteiger partial charge in [-0.3, -0.25) is 4.79 Å². The van der Waals surface area contributed by atoms with Gasteiger partial charge in [-0.05, 0) is 44.2 Å². The molecule has 0 spiro atoms. The van der Waals surface area contributed by atoms with Gasteiger partial charge in [0, 0.05) is 22.6 Å². The van der Waals surface area contributed by atoms with Crippen LogP contribution in [-0.2, 0) is 6.54 Å². The number of fused-ring (bicyclic) bond motifs is 1. The molecule has 0 aliphatic carbocycles. The van der Waals surface area contributed by atoms with E-state index in [0.717, 1.165) is 27.7 Å². The Kier molecular flexibility index (Phi) is 4.53. The number of rotatable bonds is 4. The minimum absolute atomic E-state index is 0.198. The van der Waals surface area contributed by atoms with E-state index in [0.29, 0.717) is 17.3 Å². The minimum Gasteiger partial charge on any atom is -0.309 e. The summed E-state index contributed by atoms with van der Waals surface area (Å²) in [4.78, 5) is 17.4. The summed E-state index contributed by atoms with van der Waals surface area (Å²) < 4.78 is 4.62. The number of nitrogens with one attached hydrogen (secondary N) is 1. The van der Waals surface area contributed by atoms with Crippen LogP contribution >= 0.6 is 15.9 Å². The Labute approximate surface area is 165 Å². The molecule has 27 heavy (non-hydrogen) atoms. The summed E-state index contributed by atoms with van der Waals surface area (Å²) in [5.41, 5.74) is 3.30. The lowest BCUT2D eigenvalue weighted by atomic mass is 10.2. The van der Waals surface area contributed by atoms with Gasteiger partial charge in [-0.15, -0.1) is 0 Å². The minimum atomic E-state index is -0.198. The molecule has 0 radical (unpaired) electrons. The zero-order valence-electron chi connectivity index (χ0n) is 15.0. The van der Waals surface area contributed by atoms with E-state index in [-0.39, 0.29) is 5.91 Å². The monoisotopic (exact) mass is 423 g/mol. The first-order valence-electron chi connectivity index (χ1n) is 8.66. The average molecular weight is 424 g/mol. The summed E-state index contributed by atoms with van der Waals surface area (Å²) >= 11 is 3.40. The molecule has 4 aromatic rings. The van der Waals surface area contributed by atoms with Crippen LogP contribution in [0.3, 0.4) is 0 Å². The van der Waals surface area contributed by atoms with Crippen LogP contribution in [-0.4, -0.2) is 25.2 Å². The van der Waals surface area contributed by atoms with Crippen molar-refractivity contribution in [1.82, 2.24) is 19.3 Å². The molecule has 2 heterocycles. The van der Waals surface area contributed by atoms with Gasteiger partial charge in [0.1, 0.15) is 5.82 Å². The lowest BCUT2D eigenvalue weighted by Crippen LogP contribution is -2.17. The number of hydrogen-bond acceptors (Lipinski definition) is 3. The van der Waals surface area contributed by atoms with Gasteiger partial charge in [0.2, 0.25) is 5.95 Å². The summed E-state index contributed by atoms with van der Waals surface area (Å²) in [6, 6.07) is 17.1. The number of halogens is 1. The number of hydrogen-bond donors (Lipinski definition) is 1. The summed E-state index contributed by atoms with van der Waals surface area (Å²) in [5, 5.41) is 7.51. The molecule has 2 aromatic carbocycles. The van der Waals surface area contributed by atoms with Crippen LogP contribution in [0.25, 0.3) is 17.0 Å². The largest absolute Gasteiger partial charge is 0.309 e. The Hall–Kier alpha value is -2.93. The van der Waals surface area contributed by atoms with Crippen molar-refractivity contribution in [3.63, 3.8) is 0 Å². The molecular weight excluding hydrogens is 406 g/mol. The van der Waals surface area contributed by atoms with Gasteiger partial charge < -0.3 is 9.88 Å². The third kappa shape index (κ3) is 3.26. The average Bonchev–Trinajstić information content (AvgIpc) is 3.21. The fourth-order valence-corrected chi connectivity index (χ4v) is 3.49. The van der Waals surface area contributed by atoms with E-state index in [9.17, 15) is 4.79 Å². The third-order valence-electron chi connectivity index (χ3n) is 4.30. The van der Waals surface area contributed by atoms with Crippen molar-refractivity contribution >= 4 is 38.7 Å². The van der Waals surface area contributed by atoms with Gasteiger partial charge in [0.15, 0.2) is 0 Å². The van der Waals surface area contributed by atoms with E-state index in [1.165, 1.54) is 0 Å². The fraction of sp³-hybridized carbons (Fsp3) is 0.150. The van der Waals surface area contributed by atoms with E-state index in [2.05, 4.69) is 37.8 Å². The van der Waals surface area contributed by atoms with Crippen molar-refractivity contribution in [3.05, 3.63) is 70.3 Å². The first-order chi connectivity index (χ1) is 13.1. The van der Waals surface area contributed by atoms with Gasteiger partial charge in [-0.25, -0.2) is 4.98 Å². The van der Waals surface area contributed by atoms with E-state index < -0.39 is 0 Å². The normalized spacial score (nSPS) is 11.1. The summed E-state index contributed by atoms with van der Waals surface area (Å²) in [6.07, 6.45) is 0. The number of amides is 1. The summed E-state index contributed by atoms with van der Waals surface area (Å²) in [5.74, 6) is 1.07. The number of benzene rings is 2. The van der Waals surface area contributed by atoms with E-state index in [1.54, 1.807) is 16.8 Å². The Morgan fingerprint density at radius 2 is 1.96 bits per heavy atom.